The van der Waals surface area contributed by atoms with E-state index in [2.05, 4.69) is 10.1 Å². The first kappa shape index (κ1) is 18.4. The van der Waals surface area contributed by atoms with E-state index in [-0.39, 0.29) is 30.4 Å². The average Bonchev–Trinajstić information content (AvgIpc) is 2.58. The fraction of sp³-hybridized carbons (Fsp3) is 0.278. The number of hydrogen-bond acceptors (Lipinski definition) is 3. The van der Waals surface area contributed by atoms with Gasteiger partial charge in [0.15, 0.2) is 0 Å². The Balaban J connectivity index is 1.63. The normalized spacial score (nSPS) is 16.4. The van der Waals surface area contributed by atoms with E-state index in [1.54, 1.807) is 24.3 Å². The maximum absolute atomic E-state index is 12.4. The number of amides is 1. The van der Waals surface area contributed by atoms with Crippen LogP contribution in [0, 0.1) is 5.92 Å². The van der Waals surface area contributed by atoms with Gasteiger partial charge in [0, 0.05) is 17.1 Å². The third-order valence-electron chi connectivity index (χ3n) is 3.95. The lowest BCUT2D eigenvalue weighted by molar-refractivity contribution is -0.274. The van der Waals surface area contributed by atoms with Gasteiger partial charge in [0.2, 0.25) is 5.91 Å². The molecule has 0 saturated carbocycles. The van der Waals surface area contributed by atoms with Gasteiger partial charge in [-0.2, -0.15) is 0 Å². The van der Waals surface area contributed by atoms with E-state index < -0.39 is 12.3 Å². The molecule has 0 radical (unpaired) electrons. The molecule has 0 aliphatic carbocycles. The van der Waals surface area contributed by atoms with Crippen LogP contribution in [0.25, 0.3) is 0 Å². The van der Waals surface area contributed by atoms with Crippen molar-refractivity contribution in [2.24, 2.45) is 5.92 Å². The van der Waals surface area contributed by atoms with Crippen molar-refractivity contribution in [3.63, 3.8) is 0 Å². The van der Waals surface area contributed by atoms with Crippen LogP contribution in [0.1, 0.15) is 11.1 Å². The molecular formula is C18H15ClF3NO3. The number of benzene rings is 2. The van der Waals surface area contributed by atoms with Crippen molar-refractivity contribution in [1.82, 2.24) is 5.32 Å². The molecule has 1 aliphatic rings. The Morgan fingerprint density at radius 1 is 1.27 bits per heavy atom. The molecule has 8 heteroatoms. The highest BCUT2D eigenvalue weighted by molar-refractivity contribution is 6.30. The first-order valence-electron chi connectivity index (χ1n) is 7.84. The first-order chi connectivity index (χ1) is 12.3. The summed E-state index contributed by atoms with van der Waals surface area (Å²) in [4.78, 5) is 12.4. The second-order valence-electron chi connectivity index (χ2n) is 5.84. The van der Waals surface area contributed by atoms with Gasteiger partial charge in [-0.25, -0.2) is 0 Å². The van der Waals surface area contributed by atoms with E-state index >= 15 is 0 Å². The van der Waals surface area contributed by atoms with Gasteiger partial charge in [-0.3, -0.25) is 4.79 Å². The lowest BCUT2D eigenvalue weighted by Gasteiger charge is -2.25. The maximum Gasteiger partial charge on any atom is 0.573 e. The molecule has 4 nitrogen and oxygen atoms in total. The zero-order chi connectivity index (χ0) is 18.7. The third-order valence-corrected chi connectivity index (χ3v) is 4.19. The van der Waals surface area contributed by atoms with Gasteiger partial charge in [-0.1, -0.05) is 29.8 Å². The predicted molar refractivity (Wildman–Crippen MR) is 89.1 cm³/mol. The van der Waals surface area contributed by atoms with Crippen molar-refractivity contribution < 1.29 is 27.4 Å². The molecule has 0 spiro atoms. The number of rotatable bonds is 4. The molecule has 0 unspecified atom stereocenters. The van der Waals surface area contributed by atoms with Crippen molar-refractivity contribution in [3.8, 4) is 11.5 Å². The van der Waals surface area contributed by atoms with Gasteiger partial charge < -0.3 is 14.8 Å². The largest absolute Gasteiger partial charge is 0.573 e. The molecule has 26 heavy (non-hydrogen) atoms. The van der Waals surface area contributed by atoms with Crippen molar-refractivity contribution in [2.75, 3.05) is 6.61 Å². The van der Waals surface area contributed by atoms with Gasteiger partial charge in [0.25, 0.3) is 0 Å². The number of fused-ring (bicyclic) bond motifs is 1. The SMILES string of the molecule is O=C(NCc1ccccc1OC(F)(F)F)[C@@H]1COc2ccc(Cl)cc2C1. The number of para-hydroxylation sites is 1. The summed E-state index contributed by atoms with van der Waals surface area (Å²) in [7, 11) is 0. The van der Waals surface area contributed by atoms with Crippen molar-refractivity contribution >= 4 is 17.5 Å². The predicted octanol–water partition coefficient (Wildman–Crippen LogP) is 4.11. The Hall–Kier alpha value is -2.41. The second-order valence-corrected chi connectivity index (χ2v) is 6.27. The summed E-state index contributed by atoms with van der Waals surface area (Å²) in [5, 5.41) is 3.19. The summed E-state index contributed by atoms with van der Waals surface area (Å²) in [5.74, 6) is -0.409. The van der Waals surface area contributed by atoms with E-state index in [4.69, 9.17) is 16.3 Å². The second kappa shape index (κ2) is 7.45. The molecule has 138 valence electrons. The molecule has 1 aliphatic heterocycles. The molecule has 1 amide bonds. The van der Waals surface area contributed by atoms with Gasteiger partial charge in [0.05, 0.1) is 5.92 Å². The maximum atomic E-state index is 12.4. The van der Waals surface area contributed by atoms with Crippen LogP contribution in [0.15, 0.2) is 42.5 Å². The minimum Gasteiger partial charge on any atom is -0.492 e. The van der Waals surface area contributed by atoms with Crippen molar-refractivity contribution in [2.45, 2.75) is 19.3 Å². The summed E-state index contributed by atoms with van der Waals surface area (Å²) in [5.41, 5.74) is 1.06. The van der Waals surface area contributed by atoms with Crippen molar-refractivity contribution in [1.29, 1.82) is 0 Å². The molecule has 1 heterocycles. The number of alkyl halides is 3. The van der Waals surface area contributed by atoms with E-state index in [1.165, 1.54) is 18.2 Å². The Bertz CT molecular complexity index is 811. The summed E-state index contributed by atoms with van der Waals surface area (Å²) in [6, 6.07) is 10.9. The number of hydrogen-bond donors (Lipinski definition) is 1. The molecule has 0 fully saturated rings. The lowest BCUT2D eigenvalue weighted by atomic mass is 9.96. The van der Waals surface area contributed by atoms with Crippen LogP contribution in [-0.4, -0.2) is 18.9 Å². The zero-order valence-electron chi connectivity index (χ0n) is 13.5. The fourth-order valence-corrected chi connectivity index (χ4v) is 2.93. The van der Waals surface area contributed by atoms with Gasteiger partial charge in [-0.15, -0.1) is 13.2 Å². The molecule has 2 aromatic carbocycles. The van der Waals surface area contributed by atoms with Crippen LogP contribution >= 0.6 is 11.6 Å². The molecule has 3 rings (SSSR count). The fourth-order valence-electron chi connectivity index (χ4n) is 2.73. The quantitative estimate of drug-likeness (QED) is 0.861. The van der Waals surface area contributed by atoms with Crippen LogP contribution in [0.4, 0.5) is 13.2 Å². The molecule has 1 N–H and O–H groups in total. The van der Waals surface area contributed by atoms with Crippen LogP contribution in [0.2, 0.25) is 5.02 Å². The molecule has 0 saturated heterocycles. The smallest absolute Gasteiger partial charge is 0.492 e. The Kier molecular flexibility index (Phi) is 5.27. The molecule has 1 atom stereocenters. The highest BCUT2D eigenvalue weighted by Gasteiger charge is 2.32. The minimum absolute atomic E-state index is 0.0794. The van der Waals surface area contributed by atoms with Crippen LogP contribution < -0.4 is 14.8 Å². The summed E-state index contributed by atoms with van der Waals surface area (Å²) in [6.07, 6.45) is -4.34. The van der Waals surface area contributed by atoms with E-state index in [1.807, 2.05) is 0 Å². The monoisotopic (exact) mass is 385 g/mol. The number of nitrogens with one attached hydrogen (secondary N) is 1. The summed E-state index contributed by atoms with van der Waals surface area (Å²) < 4.78 is 46.9. The van der Waals surface area contributed by atoms with Crippen LogP contribution in [-0.2, 0) is 17.8 Å². The number of halogens is 4. The van der Waals surface area contributed by atoms with Crippen LogP contribution in [0.5, 0.6) is 11.5 Å². The average molecular weight is 386 g/mol. The highest BCUT2D eigenvalue weighted by Crippen LogP contribution is 2.30. The van der Waals surface area contributed by atoms with E-state index in [0.717, 1.165) is 5.56 Å². The van der Waals surface area contributed by atoms with Crippen LogP contribution in [0.3, 0.4) is 0 Å². The Labute approximate surface area is 152 Å². The van der Waals surface area contributed by atoms with Crippen molar-refractivity contribution in [3.05, 3.63) is 58.6 Å². The molecular weight excluding hydrogens is 371 g/mol. The number of carbonyl (C=O) groups is 1. The standard InChI is InChI=1S/C18H15ClF3NO3/c19-14-5-6-15-12(8-14)7-13(10-25-15)17(24)23-9-11-3-1-2-4-16(11)26-18(20,21)22/h1-6,8,13H,7,9-10H2,(H,23,24)/t13-/m0/s1. The topological polar surface area (TPSA) is 47.6 Å². The highest BCUT2D eigenvalue weighted by atomic mass is 35.5. The van der Waals surface area contributed by atoms with E-state index in [0.29, 0.717) is 17.2 Å². The number of carbonyl (C=O) groups excluding carboxylic acids is 1. The third kappa shape index (κ3) is 4.60. The minimum atomic E-state index is -4.79. The van der Waals surface area contributed by atoms with Gasteiger partial charge in [-0.05, 0) is 36.2 Å². The zero-order valence-corrected chi connectivity index (χ0v) is 14.2. The lowest BCUT2D eigenvalue weighted by Crippen LogP contribution is -2.37. The molecule has 0 bridgehead atoms. The molecule has 2 aromatic rings. The summed E-state index contributed by atoms with van der Waals surface area (Å²) in [6.45, 7) is 0.116. The van der Waals surface area contributed by atoms with Gasteiger partial charge >= 0.3 is 6.36 Å². The van der Waals surface area contributed by atoms with E-state index in [9.17, 15) is 18.0 Å². The van der Waals surface area contributed by atoms with Gasteiger partial charge in [0.1, 0.15) is 18.1 Å². The Morgan fingerprint density at radius 3 is 2.81 bits per heavy atom. The molecule has 0 aromatic heterocycles. The first-order valence-corrected chi connectivity index (χ1v) is 8.22. The Morgan fingerprint density at radius 2 is 2.04 bits per heavy atom. The summed E-state index contributed by atoms with van der Waals surface area (Å²) >= 11 is 5.95. The number of ether oxygens (including phenoxy) is 2.